The highest BCUT2D eigenvalue weighted by molar-refractivity contribution is 5.83. The van der Waals surface area contributed by atoms with Gasteiger partial charge in [0.15, 0.2) is 0 Å². The SMILES string of the molecule is COc1cc(C(F)(F)F)c(-c2cccc(C)c2C)cc1C1=C(CN2C(=O)O[C@H](c3cc(C(F)(F)F)cc(C(F)(F)F)c3)[C@@H]2C)CC(C)(C)CC1. The van der Waals surface area contributed by atoms with Crippen molar-refractivity contribution in [3.8, 4) is 16.9 Å². The molecule has 50 heavy (non-hydrogen) atoms. The number of carbonyl (C=O) groups excluding carboxylic acids is 1. The van der Waals surface area contributed by atoms with E-state index in [4.69, 9.17) is 9.47 Å². The summed E-state index contributed by atoms with van der Waals surface area (Å²) in [6.45, 7) is 8.86. The molecule has 270 valence electrons. The zero-order valence-electron chi connectivity index (χ0n) is 28.2. The van der Waals surface area contributed by atoms with Gasteiger partial charge in [-0.3, -0.25) is 4.90 Å². The fourth-order valence-electron chi connectivity index (χ4n) is 6.88. The first kappa shape index (κ1) is 37.1. The molecule has 4 nitrogen and oxygen atoms in total. The first-order chi connectivity index (χ1) is 23.0. The Labute approximate surface area is 283 Å². The summed E-state index contributed by atoms with van der Waals surface area (Å²) < 4.78 is 136. The first-order valence-corrected chi connectivity index (χ1v) is 15.9. The molecule has 2 aliphatic rings. The first-order valence-electron chi connectivity index (χ1n) is 15.9. The van der Waals surface area contributed by atoms with Gasteiger partial charge in [0, 0.05) is 12.1 Å². The van der Waals surface area contributed by atoms with Crippen molar-refractivity contribution in [1.82, 2.24) is 4.90 Å². The summed E-state index contributed by atoms with van der Waals surface area (Å²) in [5, 5.41) is 0. The summed E-state index contributed by atoms with van der Waals surface area (Å²) in [6, 6.07) is 7.61. The van der Waals surface area contributed by atoms with Gasteiger partial charge in [0.2, 0.25) is 0 Å². The van der Waals surface area contributed by atoms with E-state index in [1.54, 1.807) is 32.0 Å². The van der Waals surface area contributed by atoms with E-state index in [-0.39, 0.29) is 29.3 Å². The Morgan fingerprint density at radius 1 is 0.860 bits per heavy atom. The van der Waals surface area contributed by atoms with Crippen LogP contribution in [-0.2, 0) is 23.3 Å². The average Bonchev–Trinajstić information content (AvgIpc) is 3.28. The van der Waals surface area contributed by atoms with Crippen LogP contribution in [0.2, 0.25) is 0 Å². The fourth-order valence-corrected chi connectivity index (χ4v) is 6.88. The number of hydrogen-bond donors (Lipinski definition) is 0. The molecule has 0 unspecified atom stereocenters. The molecular formula is C37H36F9NO3. The van der Waals surface area contributed by atoms with E-state index in [0.29, 0.717) is 59.2 Å². The van der Waals surface area contributed by atoms with Crippen molar-refractivity contribution in [2.24, 2.45) is 5.41 Å². The molecule has 0 N–H and O–H groups in total. The van der Waals surface area contributed by atoms with Crippen LogP contribution >= 0.6 is 0 Å². The molecule has 3 aromatic carbocycles. The molecule has 0 spiro atoms. The number of halogens is 9. The molecule has 1 saturated heterocycles. The van der Waals surface area contributed by atoms with Gasteiger partial charge < -0.3 is 9.47 Å². The second kappa shape index (κ2) is 12.9. The molecule has 13 heteroatoms. The number of aryl methyl sites for hydroxylation is 1. The topological polar surface area (TPSA) is 38.8 Å². The van der Waals surface area contributed by atoms with Crippen LogP contribution in [0.15, 0.2) is 54.1 Å². The second-order valence-electron chi connectivity index (χ2n) is 13.8. The molecule has 2 atom stereocenters. The van der Waals surface area contributed by atoms with Gasteiger partial charge in [-0.1, -0.05) is 32.0 Å². The lowest BCUT2D eigenvalue weighted by Gasteiger charge is -2.36. The Bertz CT molecular complexity index is 1800. The van der Waals surface area contributed by atoms with Gasteiger partial charge in [-0.25, -0.2) is 4.79 Å². The fraction of sp³-hybridized carbons (Fsp3) is 0.432. The van der Waals surface area contributed by atoms with Gasteiger partial charge in [-0.05, 0) is 115 Å². The van der Waals surface area contributed by atoms with Crippen molar-refractivity contribution in [3.05, 3.63) is 93.0 Å². The molecule has 1 aliphatic carbocycles. The number of nitrogens with zero attached hydrogens (tertiary/aromatic N) is 1. The van der Waals surface area contributed by atoms with E-state index < -0.39 is 59.0 Å². The van der Waals surface area contributed by atoms with Crippen molar-refractivity contribution >= 4 is 11.7 Å². The van der Waals surface area contributed by atoms with Crippen molar-refractivity contribution in [1.29, 1.82) is 0 Å². The summed E-state index contributed by atoms with van der Waals surface area (Å²) in [5.74, 6) is -0.0304. The monoisotopic (exact) mass is 713 g/mol. The van der Waals surface area contributed by atoms with Crippen LogP contribution in [0.3, 0.4) is 0 Å². The van der Waals surface area contributed by atoms with E-state index in [1.165, 1.54) is 25.0 Å². The lowest BCUT2D eigenvalue weighted by atomic mass is 9.72. The number of ether oxygens (including phenoxy) is 2. The highest BCUT2D eigenvalue weighted by Gasteiger charge is 2.44. The minimum absolute atomic E-state index is 0.00780. The summed E-state index contributed by atoms with van der Waals surface area (Å²) in [5.41, 5.74) is -1.21. The lowest BCUT2D eigenvalue weighted by molar-refractivity contribution is -0.143. The van der Waals surface area contributed by atoms with Gasteiger partial charge in [-0.2, -0.15) is 39.5 Å². The molecule has 5 rings (SSSR count). The number of alkyl halides is 9. The maximum atomic E-state index is 14.5. The van der Waals surface area contributed by atoms with E-state index >= 15 is 0 Å². The van der Waals surface area contributed by atoms with Crippen LogP contribution in [-0.4, -0.2) is 30.7 Å². The quantitative estimate of drug-likeness (QED) is 0.239. The van der Waals surface area contributed by atoms with Crippen molar-refractivity contribution in [2.45, 2.75) is 84.6 Å². The van der Waals surface area contributed by atoms with Gasteiger partial charge in [0.1, 0.15) is 11.9 Å². The van der Waals surface area contributed by atoms with Gasteiger partial charge in [-0.15, -0.1) is 0 Å². The van der Waals surface area contributed by atoms with Crippen LogP contribution in [0.4, 0.5) is 44.3 Å². The van der Waals surface area contributed by atoms with Crippen molar-refractivity contribution in [3.63, 3.8) is 0 Å². The Morgan fingerprint density at radius 3 is 2.04 bits per heavy atom. The van der Waals surface area contributed by atoms with Crippen LogP contribution in [0, 0.1) is 19.3 Å². The number of hydrogen-bond acceptors (Lipinski definition) is 3. The Hall–Kier alpha value is -4.16. The standard InChI is InChI=1S/C37H36F9NO3/c1-19-8-7-9-26(20(19)2)28-15-29(31(49-6)16-30(28)37(44,45)46)27-10-11-34(4,5)17-23(27)18-47-21(3)32(50-33(47)48)22-12-24(35(38,39)40)14-25(13-22)36(41,42)43/h7-9,12-16,21,32H,10-11,17-18H2,1-6H3/t21-,32-/m0/s1. The van der Waals surface area contributed by atoms with Crippen LogP contribution in [0.5, 0.6) is 5.75 Å². The number of rotatable bonds is 6. The number of methoxy groups -OCH3 is 1. The molecule has 0 bridgehead atoms. The lowest BCUT2D eigenvalue weighted by Crippen LogP contribution is -2.35. The predicted molar refractivity (Wildman–Crippen MR) is 169 cm³/mol. The maximum absolute atomic E-state index is 14.5. The zero-order valence-corrected chi connectivity index (χ0v) is 28.2. The molecule has 1 aliphatic heterocycles. The normalized spacial score (nSPS) is 20.0. The minimum atomic E-state index is -5.09. The Morgan fingerprint density at radius 2 is 1.48 bits per heavy atom. The summed E-state index contributed by atoms with van der Waals surface area (Å²) in [6.07, 6.45) is -15.9. The molecule has 0 aromatic heterocycles. The molecule has 0 saturated carbocycles. The summed E-state index contributed by atoms with van der Waals surface area (Å²) in [4.78, 5) is 14.5. The number of cyclic esters (lactones) is 1. The van der Waals surface area contributed by atoms with E-state index in [9.17, 15) is 44.3 Å². The molecule has 0 radical (unpaired) electrons. The molecule has 3 aromatic rings. The number of amides is 1. The Balaban J connectivity index is 1.63. The zero-order chi connectivity index (χ0) is 37.1. The van der Waals surface area contributed by atoms with Crippen LogP contribution in [0.25, 0.3) is 16.7 Å². The molecule has 1 amide bonds. The largest absolute Gasteiger partial charge is 0.496 e. The van der Waals surface area contributed by atoms with Crippen molar-refractivity contribution < 1.29 is 53.8 Å². The number of benzene rings is 3. The molecule has 1 heterocycles. The maximum Gasteiger partial charge on any atom is 0.417 e. The third-order valence-electron chi connectivity index (χ3n) is 9.73. The van der Waals surface area contributed by atoms with Crippen LogP contribution < -0.4 is 4.74 Å². The van der Waals surface area contributed by atoms with Gasteiger partial charge >= 0.3 is 24.6 Å². The van der Waals surface area contributed by atoms with Crippen LogP contribution in [0.1, 0.15) is 85.1 Å². The summed E-state index contributed by atoms with van der Waals surface area (Å²) >= 11 is 0. The highest BCUT2D eigenvalue weighted by Crippen LogP contribution is 2.49. The van der Waals surface area contributed by atoms with E-state index in [2.05, 4.69) is 0 Å². The number of carbonyl (C=O) groups is 1. The smallest absolute Gasteiger partial charge is 0.417 e. The molecular weight excluding hydrogens is 677 g/mol. The third kappa shape index (κ3) is 7.32. The third-order valence-corrected chi connectivity index (χ3v) is 9.73. The Kier molecular flexibility index (Phi) is 9.55. The van der Waals surface area contributed by atoms with E-state index in [0.717, 1.165) is 11.6 Å². The second-order valence-corrected chi connectivity index (χ2v) is 13.8. The van der Waals surface area contributed by atoms with Gasteiger partial charge in [0.05, 0.1) is 29.8 Å². The van der Waals surface area contributed by atoms with Crippen molar-refractivity contribution in [2.75, 3.05) is 13.7 Å². The highest BCUT2D eigenvalue weighted by atomic mass is 19.4. The van der Waals surface area contributed by atoms with Gasteiger partial charge in [0.25, 0.3) is 0 Å². The summed E-state index contributed by atoms with van der Waals surface area (Å²) in [7, 11) is 1.26. The molecule has 1 fully saturated rings. The average molecular weight is 714 g/mol. The predicted octanol–water partition coefficient (Wildman–Crippen LogP) is 11.6. The number of allylic oxidation sites excluding steroid dienone is 1. The van der Waals surface area contributed by atoms with E-state index in [1.807, 2.05) is 13.8 Å². The minimum Gasteiger partial charge on any atom is -0.496 e.